The Hall–Kier alpha value is -1.63. The second-order valence-corrected chi connectivity index (χ2v) is 3.84. The number of nitrogens with one attached hydrogen (secondary N) is 2. The highest BCUT2D eigenvalue weighted by molar-refractivity contribution is 5.59. The Morgan fingerprint density at radius 3 is 2.71 bits per heavy atom. The fourth-order valence-corrected chi connectivity index (χ4v) is 1.63. The van der Waals surface area contributed by atoms with Crippen LogP contribution in [0.3, 0.4) is 0 Å². The molecule has 0 radical (unpaired) electrons. The number of aryl methyl sites for hydroxylation is 2. The van der Waals surface area contributed by atoms with Crippen molar-refractivity contribution in [1.82, 2.24) is 15.1 Å². The number of nitro groups is 1. The van der Waals surface area contributed by atoms with Crippen LogP contribution in [0.1, 0.15) is 19.0 Å². The Kier molecular flexibility index (Phi) is 4.89. The van der Waals surface area contributed by atoms with E-state index in [9.17, 15) is 10.1 Å². The third-order valence-corrected chi connectivity index (χ3v) is 2.39. The van der Waals surface area contributed by atoms with Crippen molar-refractivity contribution in [2.45, 2.75) is 20.3 Å². The van der Waals surface area contributed by atoms with E-state index < -0.39 is 4.92 Å². The molecule has 0 fully saturated rings. The highest BCUT2D eigenvalue weighted by Gasteiger charge is 2.23. The van der Waals surface area contributed by atoms with Gasteiger partial charge in [-0.25, -0.2) is 4.68 Å². The molecule has 0 amide bonds. The lowest BCUT2D eigenvalue weighted by Crippen LogP contribution is -2.23. The first-order valence-electron chi connectivity index (χ1n) is 5.70. The SMILES string of the molecule is CCCNCCNc1c([N+](=O)[O-])c(C)nn1C. The summed E-state index contributed by atoms with van der Waals surface area (Å²) in [6, 6.07) is 0. The molecule has 0 bridgehead atoms. The second kappa shape index (κ2) is 6.19. The van der Waals surface area contributed by atoms with Gasteiger partial charge < -0.3 is 10.6 Å². The number of hydrogen-bond donors (Lipinski definition) is 2. The zero-order chi connectivity index (χ0) is 12.8. The predicted octanol–water partition coefficient (Wildman–Crippen LogP) is 1.05. The molecular weight excluding hydrogens is 222 g/mol. The fraction of sp³-hybridized carbons (Fsp3) is 0.700. The van der Waals surface area contributed by atoms with Crippen molar-refractivity contribution < 1.29 is 4.92 Å². The van der Waals surface area contributed by atoms with E-state index in [1.165, 1.54) is 4.68 Å². The van der Waals surface area contributed by atoms with Crippen molar-refractivity contribution in [3.8, 4) is 0 Å². The Morgan fingerprint density at radius 2 is 2.12 bits per heavy atom. The molecule has 7 nitrogen and oxygen atoms in total. The van der Waals surface area contributed by atoms with Crippen LogP contribution in [0.5, 0.6) is 0 Å². The largest absolute Gasteiger partial charge is 0.363 e. The van der Waals surface area contributed by atoms with Gasteiger partial charge in [0.1, 0.15) is 5.69 Å². The smallest absolute Gasteiger partial charge is 0.333 e. The molecule has 0 aliphatic carbocycles. The van der Waals surface area contributed by atoms with Crippen molar-refractivity contribution >= 4 is 11.5 Å². The third kappa shape index (κ3) is 3.42. The molecule has 2 N–H and O–H groups in total. The van der Waals surface area contributed by atoms with Crippen LogP contribution in [-0.4, -0.2) is 34.3 Å². The Balaban J connectivity index is 2.61. The summed E-state index contributed by atoms with van der Waals surface area (Å²) in [5, 5.41) is 21.2. The van der Waals surface area contributed by atoms with E-state index in [-0.39, 0.29) is 5.69 Å². The van der Waals surface area contributed by atoms with Crippen LogP contribution < -0.4 is 10.6 Å². The number of aromatic nitrogens is 2. The number of nitrogens with zero attached hydrogens (tertiary/aromatic N) is 3. The van der Waals surface area contributed by atoms with E-state index in [1.54, 1.807) is 14.0 Å². The van der Waals surface area contributed by atoms with E-state index in [2.05, 4.69) is 22.7 Å². The summed E-state index contributed by atoms with van der Waals surface area (Å²) in [6.45, 7) is 6.09. The maximum absolute atomic E-state index is 10.9. The van der Waals surface area contributed by atoms with Gasteiger partial charge in [-0.1, -0.05) is 6.92 Å². The van der Waals surface area contributed by atoms with E-state index >= 15 is 0 Å². The van der Waals surface area contributed by atoms with Crippen molar-refractivity contribution in [3.63, 3.8) is 0 Å². The maximum Gasteiger partial charge on any atom is 0.333 e. The summed E-state index contributed by atoms with van der Waals surface area (Å²) < 4.78 is 1.51. The number of rotatable bonds is 7. The molecule has 0 saturated heterocycles. The summed E-state index contributed by atoms with van der Waals surface area (Å²) in [6.07, 6.45) is 1.07. The molecule has 0 spiro atoms. The summed E-state index contributed by atoms with van der Waals surface area (Å²) >= 11 is 0. The van der Waals surface area contributed by atoms with Gasteiger partial charge >= 0.3 is 5.69 Å². The van der Waals surface area contributed by atoms with Crippen LogP contribution >= 0.6 is 0 Å². The zero-order valence-electron chi connectivity index (χ0n) is 10.5. The lowest BCUT2D eigenvalue weighted by atomic mass is 10.4. The molecule has 1 aromatic rings. The van der Waals surface area contributed by atoms with E-state index in [0.717, 1.165) is 19.5 Å². The monoisotopic (exact) mass is 241 g/mol. The maximum atomic E-state index is 10.9. The first kappa shape index (κ1) is 13.4. The second-order valence-electron chi connectivity index (χ2n) is 3.84. The fourth-order valence-electron chi connectivity index (χ4n) is 1.63. The highest BCUT2D eigenvalue weighted by atomic mass is 16.6. The molecular formula is C10H19N5O2. The van der Waals surface area contributed by atoms with Gasteiger partial charge in [0.25, 0.3) is 0 Å². The first-order chi connectivity index (χ1) is 8.07. The summed E-state index contributed by atoms with van der Waals surface area (Å²) in [7, 11) is 1.70. The standard InChI is InChI=1S/C10H19N5O2/c1-4-5-11-6-7-12-10-9(15(16)17)8(2)13-14(10)3/h11-12H,4-7H2,1-3H3. The molecule has 0 atom stereocenters. The predicted molar refractivity (Wildman–Crippen MR) is 66.2 cm³/mol. The number of anilines is 1. The zero-order valence-corrected chi connectivity index (χ0v) is 10.5. The van der Waals surface area contributed by atoms with Gasteiger partial charge in [-0.15, -0.1) is 0 Å². The lowest BCUT2D eigenvalue weighted by molar-refractivity contribution is -0.384. The van der Waals surface area contributed by atoms with Crippen LogP contribution in [0.15, 0.2) is 0 Å². The lowest BCUT2D eigenvalue weighted by Gasteiger charge is -2.06. The van der Waals surface area contributed by atoms with Gasteiger partial charge in [-0.3, -0.25) is 10.1 Å². The van der Waals surface area contributed by atoms with Crippen LogP contribution in [0.2, 0.25) is 0 Å². The molecule has 0 aromatic carbocycles. The normalized spacial score (nSPS) is 10.5. The van der Waals surface area contributed by atoms with Crippen LogP contribution in [-0.2, 0) is 7.05 Å². The summed E-state index contributed by atoms with van der Waals surface area (Å²) in [4.78, 5) is 10.5. The van der Waals surface area contributed by atoms with Crippen LogP contribution in [0.25, 0.3) is 0 Å². The minimum atomic E-state index is -0.399. The van der Waals surface area contributed by atoms with Crippen molar-refractivity contribution in [2.75, 3.05) is 25.0 Å². The van der Waals surface area contributed by atoms with Crippen LogP contribution in [0.4, 0.5) is 11.5 Å². The highest BCUT2D eigenvalue weighted by Crippen LogP contribution is 2.26. The van der Waals surface area contributed by atoms with Gasteiger partial charge in [0, 0.05) is 20.1 Å². The third-order valence-electron chi connectivity index (χ3n) is 2.39. The average Bonchev–Trinajstić information content (AvgIpc) is 2.53. The number of hydrogen-bond acceptors (Lipinski definition) is 5. The summed E-state index contributed by atoms with van der Waals surface area (Å²) in [5.41, 5.74) is 0.490. The van der Waals surface area contributed by atoms with Crippen molar-refractivity contribution in [3.05, 3.63) is 15.8 Å². The minimum absolute atomic E-state index is 0.0583. The molecule has 0 aliphatic rings. The van der Waals surface area contributed by atoms with Gasteiger partial charge in [-0.2, -0.15) is 5.10 Å². The van der Waals surface area contributed by atoms with E-state index in [0.29, 0.717) is 18.1 Å². The Labute approximate surface area is 100 Å². The molecule has 1 aromatic heterocycles. The van der Waals surface area contributed by atoms with Gasteiger partial charge in [0.2, 0.25) is 5.82 Å². The first-order valence-corrected chi connectivity index (χ1v) is 5.70. The van der Waals surface area contributed by atoms with E-state index in [4.69, 9.17) is 0 Å². The Bertz CT molecular complexity index is 388. The van der Waals surface area contributed by atoms with E-state index in [1.807, 2.05) is 0 Å². The van der Waals surface area contributed by atoms with Gasteiger partial charge in [-0.05, 0) is 19.9 Å². The molecule has 0 saturated carbocycles. The molecule has 96 valence electrons. The van der Waals surface area contributed by atoms with Crippen molar-refractivity contribution in [2.24, 2.45) is 7.05 Å². The average molecular weight is 241 g/mol. The molecule has 0 unspecified atom stereocenters. The van der Waals surface area contributed by atoms with Gasteiger partial charge in [0.05, 0.1) is 4.92 Å². The van der Waals surface area contributed by atoms with Crippen molar-refractivity contribution in [1.29, 1.82) is 0 Å². The molecule has 17 heavy (non-hydrogen) atoms. The molecule has 0 aliphatic heterocycles. The molecule has 7 heteroatoms. The summed E-state index contributed by atoms with van der Waals surface area (Å²) in [5.74, 6) is 0.464. The van der Waals surface area contributed by atoms with Crippen LogP contribution in [0, 0.1) is 17.0 Å². The molecule has 1 heterocycles. The minimum Gasteiger partial charge on any atom is -0.363 e. The van der Waals surface area contributed by atoms with Gasteiger partial charge in [0.15, 0.2) is 0 Å². The topological polar surface area (TPSA) is 85.0 Å². The quantitative estimate of drug-likeness (QED) is 0.423. The molecule has 1 rings (SSSR count). The Morgan fingerprint density at radius 1 is 1.41 bits per heavy atom.